The van der Waals surface area contributed by atoms with Gasteiger partial charge in [-0.1, -0.05) is 18.7 Å². The number of hydrogen-bond acceptors (Lipinski definition) is 6. The zero-order valence-corrected chi connectivity index (χ0v) is 12.6. The molecule has 0 bridgehead atoms. The molecule has 0 aliphatic carbocycles. The Morgan fingerprint density at radius 3 is 3.05 bits per heavy atom. The fourth-order valence-electron chi connectivity index (χ4n) is 1.88. The molecule has 0 unspecified atom stereocenters. The van der Waals surface area contributed by atoms with Crippen LogP contribution in [0.1, 0.15) is 35.2 Å². The zero-order valence-electron chi connectivity index (χ0n) is 11.8. The molecule has 0 atom stereocenters. The van der Waals surface area contributed by atoms with Crippen LogP contribution in [0.2, 0.25) is 0 Å². The van der Waals surface area contributed by atoms with Crippen molar-refractivity contribution in [3.8, 4) is 0 Å². The molecule has 114 valence electrons. The van der Waals surface area contributed by atoms with Crippen LogP contribution in [0.5, 0.6) is 0 Å². The lowest BCUT2D eigenvalue weighted by atomic mass is 10.2. The van der Waals surface area contributed by atoms with Gasteiger partial charge in [0.05, 0.1) is 5.75 Å². The number of aromatic nitrogens is 3. The molecule has 2 heterocycles. The predicted molar refractivity (Wildman–Crippen MR) is 77.8 cm³/mol. The van der Waals surface area contributed by atoms with Crippen molar-refractivity contribution in [2.24, 2.45) is 5.84 Å². The van der Waals surface area contributed by atoms with Crippen molar-refractivity contribution in [2.45, 2.75) is 37.7 Å². The van der Waals surface area contributed by atoms with E-state index in [1.165, 1.54) is 11.8 Å². The maximum absolute atomic E-state index is 11.6. The second-order valence-electron chi connectivity index (χ2n) is 4.45. The van der Waals surface area contributed by atoms with Gasteiger partial charge in [-0.05, 0) is 19.4 Å². The van der Waals surface area contributed by atoms with Crippen molar-refractivity contribution in [3.63, 3.8) is 0 Å². The monoisotopic (exact) mass is 311 g/mol. The van der Waals surface area contributed by atoms with Crippen LogP contribution >= 0.6 is 11.8 Å². The van der Waals surface area contributed by atoms with Crippen LogP contribution in [0.3, 0.4) is 0 Å². The van der Waals surface area contributed by atoms with E-state index < -0.39 is 5.91 Å². The number of hydrogen-bond donors (Lipinski definition) is 3. The average Bonchev–Trinajstić information content (AvgIpc) is 3.01. The fraction of sp³-hybridized carbons (Fsp3) is 0.417. The number of nitrogen functional groups attached to an aromatic ring is 1. The molecule has 4 N–H and O–H groups in total. The number of carbonyl (C=O) groups is 1. The molecule has 2 aromatic heterocycles. The van der Waals surface area contributed by atoms with Gasteiger partial charge in [0.2, 0.25) is 0 Å². The van der Waals surface area contributed by atoms with Gasteiger partial charge in [-0.2, -0.15) is 0 Å². The molecule has 0 fully saturated rings. The summed E-state index contributed by atoms with van der Waals surface area (Å²) in [6.45, 7) is 4.36. The van der Waals surface area contributed by atoms with Crippen LogP contribution in [-0.2, 0) is 12.3 Å². The van der Waals surface area contributed by atoms with Crippen LogP contribution < -0.4 is 17.0 Å². The standard InChI is InChI=1S/C12H17N5O3S/c1-3-4-17-11(19)15-16-12(17)21-6-8-5-7(2)9(20-8)10(18)14-13/h5H,3-4,6,13H2,1-2H3,(H,14,18)(H,15,19). The topological polar surface area (TPSA) is 119 Å². The van der Waals surface area contributed by atoms with Crippen molar-refractivity contribution in [1.82, 2.24) is 20.2 Å². The highest BCUT2D eigenvalue weighted by atomic mass is 32.2. The SMILES string of the molecule is CCCn1c(SCc2cc(C)c(C(=O)NN)o2)n[nH]c1=O. The van der Waals surface area contributed by atoms with Crippen LogP contribution in [0.4, 0.5) is 0 Å². The Bertz CT molecular complexity index is 687. The summed E-state index contributed by atoms with van der Waals surface area (Å²) in [5, 5.41) is 7.00. The van der Waals surface area contributed by atoms with E-state index in [1.54, 1.807) is 17.6 Å². The summed E-state index contributed by atoms with van der Waals surface area (Å²) in [6, 6.07) is 1.77. The van der Waals surface area contributed by atoms with E-state index in [2.05, 4.69) is 10.2 Å². The summed E-state index contributed by atoms with van der Waals surface area (Å²) in [4.78, 5) is 23.0. The predicted octanol–water partition coefficient (Wildman–Crippen LogP) is 0.779. The largest absolute Gasteiger partial charge is 0.455 e. The molecule has 0 saturated heterocycles. The number of amides is 1. The van der Waals surface area contributed by atoms with Gasteiger partial charge in [0.15, 0.2) is 10.9 Å². The maximum Gasteiger partial charge on any atom is 0.343 e. The van der Waals surface area contributed by atoms with Crippen LogP contribution in [0.15, 0.2) is 20.4 Å². The minimum atomic E-state index is -0.466. The summed E-state index contributed by atoms with van der Waals surface area (Å²) < 4.78 is 7.03. The number of furan rings is 1. The Kier molecular flexibility index (Phi) is 4.86. The molecule has 8 nitrogen and oxygen atoms in total. The third kappa shape index (κ3) is 3.37. The molecule has 0 aliphatic rings. The van der Waals surface area contributed by atoms with E-state index in [1.807, 2.05) is 12.3 Å². The summed E-state index contributed by atoms with van der Waals surface area (Å²) in [7, 11) is 0. The Hall–Kier alpha value is -2.00. The summed E-state index contributed by atoms with van der Waals surface area (Å²) in [5.41, 5.74) is 2.52. The number of nitrogens with two attached hydrogens (primary N) is 1. The zero-order chi connectivity index (χ0) is 15.4. The highest BCUT2D eigenvalue weighted by Gasteiger charge is 2.16. The van der Waals surface area contributed by atoms with Gasteiger partial charge in [-0.25, -0.2) is 15.7 Å². The van der Waals surface area contributed by atoms with E-state index in [0.29, 0.717) is 28.8 Å². The summed E-state index contributed by atoms with van der Waals surface area (Å²) in [6.07, 6.45) is 0.841. The lowest BCUT2D eigenvalue weighted by Gasteiger charge is -2.02. The van der Waals surface area contributed by atoms with E-state index in [-0.39, 0.29) is 11.4 Å². The molecule has 0 radical (unpaired) electrons. The number of hydrazine groups is 1. The number of aryl methyl sites for hydroxylation is 1. The van der Waals surface area contributed by atoms with E-state index >= 15 is 0 Å². The lowest BCUT2D eigenvalue weighted by molar-refractivity contribution is 0.0923. The van der Waals surface area contributed by atoms with E-state index in [9.17, 15) is 9.59 Å². The molecule has 2 aromatic rings. The lowest BCUT2D eigenvalue weighted by Crippen LogP contribution is -2.30. The van der Waals surface area contributed by atoms with Crippen molar-refractivity contribution in [1.29, 1.82) is 0 Å². The minimum absolute atomic E-state index is 0.195. The second-order valence-corrected chi connectivity index (χ2v) is 5.39. The first kappa shape index (κ1) is 15.4. The number of rotatable bonds is 6. The van der Waals surface area contributed by atoms with E-state index in [0.717, 1.165) is 6.42 Å². The first-order valence-electron chi connectivity index (χ1n) is 6.45. The second kappa shape index (κ2) is 6.64. The first-order valence-corrected chi connectivity index (χ1v) is 7.43. The number of aromatic amines is 1. The highest BCUT2D eigenvalue weighted by molar-refractivity contribution is 7.98. The minimum Gasteiger partial charge on any atom is -0.455 e. The molecule has 0 spiro atoms. The maximum atomic E-state index is 11.6. The van der Waals surface area contributed by atoms with Gasteiger partial charge in [0, 0.05) is 12.1 Å². The quantitative estimate of drug-likeness (QED) is 0.314. The van der Waals surface area contributed by atoms with Crippen molar-refractivity contribution < 1.29 is 9.21 Å². The van der Waals surface area contributed by atoms with Gasteiger partial charge >= 0.3 is 11.6 Å². The van der Waals surface area contributed by atoms with Crippen LogP contribution in [-0.4, -0.2) is 20.7 Å². The van der Waals surface area contributed by atoms with E-state index in [4.69, 9.17) is 10.3 Å². The Balaban J connectivity index is 2.10. The molecule has 2 rings (SSSR count). The average molecular weight is 311 g/mol. The van der Waals surface area contributed by atoms with Gasteiger partial charge < -0.3 is 4.42 Å². The molecule has 0 aliphatic heterocycles. The summed E-state index contributed by atoms with van der Waals surface area (Å²) >= 11 is 1.37. The van der Waals surface area contributed by atoms with Crippen molar-refractivity contribution >= 4 is 17.7 Å². The third-order valence-corrected chi connectivity index (χ3v) is 3.82. The van der Waals surface area contributed by atoms with Crippen LogP contribution in [0, 0.1) is 6.92 Å². The Labute approximate surface area is 125 Å². The van der Waals surface area contributed by atoms with Gasteiger partial charge in [0.25, 0.3) is 0 Å². The third-order valence-electron chi connectivity index (χ3n) is 2.82. The number of nitrogens with one attached hydrogen (secondary N) is 2. The number of H-pyrrole nitrogens is 1. The van der Waals surface area contributed by atoms with Crippen molar-refractivity contribution in [3.05, 3.63) is 33.6 Å². The number of carbonyl (C=O) groups excluding carboxylic acids is 1. The molecular formula is C12H17N5O3S. The molecular weight excluding hydrogens is 294 g/mol. The Morgan fingerprint density at radius 2 is 2.38 bits per heavy atom. The fourth-order valence-corrected chi connectivity index (χ4v) is 2.73. The molecule has 0 aromatic carbocycles. The molecule has 21 heavy (non-hydrogen) atoms. The number of thioether (sulfide) groups is 1. The highest BCUT2D eigenvalue weighted by Crippen LogP contribution is 2.23. The van der Waals surface area contributed by atoms with Gasteiger partial charge in [-0.3, -0.25) is 14.8 Å². The number of nitrogens with zero attached hydrogens (tertiary/aromatic N) is 2. The Morgan fingerprint density at radius 1 is 1.62 bits per heavy atom. The van der Waals surface area contributed by atoms with Crippen LogP contribution in [0.25, 0.3) is 0 Å². The normalized spacial score (nSPS) is 10.8. The first-order chi connectivity index (χ1) is 10.1. The molecule has 1 amide bonds. The smallest absolute Gasteiger partial charge is 0.343 e. The van der Waals surface area contributed by atoms with Gasteiger partial charge in [0.1, 0.15) is 5.76 Å². The van der Waals surface area contributed by atoms with Gasteiger partial charge in [-0.15, -0.1) is 5.10 Å². The summed E-state index contributed by atoms with van der Waals surface area (Å²) in [5.74, 6) is 5.90. The van der Waals surface area contributed by atoms with Crippen molar-refractivity contribution in [2.75, 3.05) is 0 Å². The molecule has 0 saturated carbocycles. The molecule has 9 heteroatoms.